The van der Waals surface area contributed by atoms with Crippen molar-refractivity contribution in [2.75, 3.05) is 30.0 Å². The fraction of sp³-hybridized carbons (Fsp3) is 0.290. The van der Waals surface area contributed by atoms with E-state index in [4.69, 9.17) is 9.47 Å². The summed E-state index contributed by atoms with van der Waals surface area (Å²) in [5, 5.41) is 5.94. The minimum atomic E-state index is -0.619. The summed E-state index contributed by atoms with van der Waals surface area (Å²) in [6.07, 6.45) is 0.647. The number of nitrogens with zero attached hydrogens (tertiary/aromatic N) is 1. The normalized spacial score (nSPS) is 12.8. The first-order chi connectivity index (χ1) is 18.1. The van der Waals surface area contributed by atoms with E-state index in [0.29, 0.717) is 36.7 Å². The zero-order valence-electron chi connectivity index (χ0n) is 22.5. The van der Waals surface area contributed by atoms with Crippen LogP contribution in [0.15, 0.2) is 73.3 Å². The highest BCUT2D eigenvalue weighted by atomic mass is 16.5. The van der Waals surface area contributed by atoms with Gasteiger partial charge < -0.3 is 25.0 Å². The number of carbonyl (C=O) groups is 2. The van der Waals surface area contributed by atoms with Crippen molar-refractivity contribution >= 4 is 28.9 Å². The van der Waals surface area contributed by atoms with Crippen LogP contribution in [0.25, 0.3) is 5.57 Å². The summed E-state index contributed by atoms with van der Waals surface area (Å²) in [5.41, 5.74) is 4.70. The fourth-order valence-corrected chi connectivity index (χ4v) is 4.26. The van der Waals surface area contributed by atoms with Gasteiger partial charge in [0.15, 0.2) is 6.61 Å². The number of allylic oxidation sites excluding steroid dienone is 1. The maximum absolute atomic E-state index is 12.9. The maximum Gasteiger partial charge on any atom is 0.319 e. The standard InChI is InChI=1S/C31H35N3O4/c1-21(2)23-8-6-9-24(18-23)31(4,5)33-30(36)32-25-12-15-28-27(19-25)34(29(35)20-38-28)16-7-17-37-26-13-10-22(3)11-14-26/h6,8-15,18-19H,1,7,16-17,20H2,2-5H3,(H2,32,33,36). The van der Waals surface area contributed by atoms with E-state index in [9.17, 15) is 9.59 Å². The molecule has 2 N–H and O–H groups in total. The number of amides is 3. The topological polar surface area (TPSA) is 79.9 Å². The Kier molecular flexibility index (Phi) is 8.05. The Labute approximate surface area is 224 Å². The second-order valence-electron chi connectivity index (χ2n) is 10.1. The molecular weight excluding hydrogens is 478 g/mol. The molecule has 1 aliphatic heterocycles. The lowest BCUT2D eigenvalue weighted by Gasteiger charge is -2.30. The van der Waals surface area contributed by atoms with Crippen molar-refractivity contribution in [3.8, 4) is 11.5 Å². The van der Waals surface area contributed by atoms with Gasteiger partial charge in [0.05, 0.1) is 17.8 Å². The van der Waals surface area contributed by atoms with Crippen LogP contribution in [-0.4, -0.2) is 31.7 Å². The second-order valence-corrected chi connectivity index (χ2v) is 10.1. The van der Waals surface area contributed by atoms with Gasteiger partial charge in [0.2, 0.25) is 0 Å². The highest BCUT2D eigenvalue weighted by Crippen LogP contribution is 2.35. The summed E-state index contributed by atoms with van der Waals surface area (Å²) in [6.45, 7) is 12.8. The minimum absolute atomic E-state index is 0.0173. The van der Waals surface area contributed by atoms with Gasteiger partial charge in [0.25, 0.3) is 5.91 Å². The third-order valence-corrected chi connectivity index (χ3v) is 6.48. The average molecular weight is 514 g/mol. The van der Waals surface area contributed by atoms with Crippen LogP contribution in [0.2, 0.25) is 0 Å². The lowest BCUT2D eigenvalue weighted by Crippen LogP contribution is -2.43. The number of fused-ring (bicyclic) bond motifs is 1. The zero-order chi connectivity index (χ0) is 27.3. The average Bonchev–Trinajstić information content (AvgIpc) is 2.88. The lowest BCUT2D eigenvalue weighted by atomic mass is 9.92. The maximum atomic E-state index is 12.9. The molecule has 0 radical (unpaired) electrons. The predicted octanol–water partition coefficient (Wildman–Crippen LogP) is 6.28. The van der Waals surface area contributed by atoms with Crippen LogP contribution in [0.1, 0.15) is 43.9 Å². The van der Waals surface area contributed by atoms with Gasteiger partial charge in [0, 0.05) is 12.2 Å². The number of rotatable bonds is 9. The molecule has 0 aliphatic carbocycles. The quantitative estimate of drug-likeness (QED) is 0.330. The van der Waals surface area contributed by atoms with E-state index in [1.54, 1.807) is 23.1 Å². The van der Waals surface area contributed by atoms with E-state index < -0.39 is 5.54 Å². The van der Waals surface area contributed by atoms with Gasteiger partial charge in [-0.05, 0) is 81.6 Å². The van der Waals surface area contributed by atoms with Crippen LogP contribution in [0.3, 0.4) is 0 Å². The number of hydrogen-bond donors (Lipinski definition) is 2. The van der Waals surface area contributed by atoms with Crippen LogP contribution in [0, 0.1) is 6.92 Å². The van der Waals surface area contributed by atoms with Crippen LogP contribution >= 0.6 is 0 Å². The predicted molar refractivity (Wildman–Crippen MR) is 152 cm³/mol. The number of nitrogens with one attached hydrogen (secondary N) is 2. The number of ether oxygens (including phenoxy) is 2. The van der Waals surface area contributed by atoms with E-state index in [0.717, 1.165) is 22.4 Å². The molecule has 0 spiro atoms. The van der Waals surface area contributed by atoms with Crippen molar-refractivity contribution in [1.29, 1.82) is 0 Å². The van der Waals surface area contributed by atoms with E-state index in [-0.39, 0.29) is 18.5 Å². The van der Waals surface area contributed by atoms with Crippen LogP contribution in [0.5, 0.6) is 11.5 Å². The molecule has 7 nitrogen and oxygen atoms in total. The summed E-state index contributed by atoms with van der Waals surface area (Å²) in [4.78, 5) is 27.3. The van der Waals surface area contributed by atoms with Gasteiger partial charge in [-0.3, -0.25) is 4.79 Å². The molecule has 7 heteroatoms. The molecule has 0 fully saturated rings. The summed E-state index contributed by atoms with van der Waals surface area (Å²) in [6, 6.07) is 20.8. The van der Waals surface area contributed by atoms with Gasteiger partial charge in [-0.2, -0.15) is 0 Å². The van der Waals surface area contributed by atoms with E-state index in [1.165, 1.54) is 5.56 Å². The fourth-order valence-electron chi connectivity index (χ4n) is 4.26. The van der Waals surface area contributed by atoms with Crippen LogP contribution in [0.4, 0.5) is 16.2 Å². The number of anilines is 2. The highest BCUT2D eigenvalue weighted by Gasteiger charge is 2.27. The first-order valence-electron chi connectivity index (χ1n) is 12.7. The van der Waals surface area contributed by atoms with Crippen molar-refractivity contribution in [2.45, 2.75) is 39.7 Å². The molecular formula is C31H35N3O4. The van der Waals surface area contributed by atoms with E-state index in [2.05, 4.69) is 17.2 Å². The molecule has 1 aliphatic rings. The largest absolute Gasteiger partial charge is 0.494 e. The van der Waals surface area contributed by atoms with Gasteiger partial charge in [-0.1, -0.05) is 48.0 Å². The number of hydrogen-bond acceptors (Lipinski definition) is 4. The molecule has 4 rings (SSSR count). The third-order valence-electron chi connectivity index (χ3n) is 6.48. The molecule has 0 atom stereocenters. The number of urea groups is 1. The first-order valence-corrected chi connectivity index (χ1v) is 12.7. The molecule has 1 heterocycles. The monoisotopic (exact) mass is 513 g/mol. The summed E-state index contributed by atoms with van der Waals surface area (Å²) in [7, 11) is 0. The Bertz CT molecular complexity index is 1330. The van der Waals surface area contributed by atoms with Crippen LogP contribution < -0.4 is 25.0 Å². The van der Waals surface area contributed by atoms with Crippen molar-refractivity contribution in [2.24, 2.45) is 0 Å². The van der Waals surface area contributed by atoms with Gasteiger partial charge >= 0.3 is 6.03 Å². The number of aryl methyl sites for hydroxylation is 1. The molecule has 38 heavy (non-hydrogen) atoms. The summed E-state index contributed by atoms with van der Waals surface area (Å²) in [5.74, 6) is 1.27. The van der Waals surface area contributed by atoms with Crippen molar-refractivity contribution < 1.29 is 19.1 Å². The van der Waals surface area contributed by atoms with Crippen molar-refractivity contribution in [3.05, 3.63) is 90.0 Å². The Morgan fingerprint density at radius 3 is 2.61 bits per heavy atom. The zero-order valence-corrected chi connectivity index (χ0v) is 22.5. The number of benzene rings is 3. The molecule has 0 bridgehead atoms. The van der Waals surface area contributed by atoms with Gasteiger partial charge in [-0.15, -0.1) is 0 Å². The highest BCUT2D eigenvalue weighted by molar-refractivity contribution is 5.99. The molecule has 0 saturated carbocycles. The Morgan fingerprint density at radius 2 is 1.87 bits per heavy atom. The van der Waals surface area contributed by atoms with E-state index >= 15 is 0 Å². The van der Waals surface area contributed by atoms with Gasteiger partial charge in [0.1, 0.15) is 11.5 Å². The Balaban J connectivity index is 1.40. The molecule has 3 amide bonds. The van der Waals surface area contributed by atoms with Crippen molar-refractivity contribution in [1.82, 2.24) is 5.32 Å². The molecule has 3 aromatic rings. The summed E-state index contributed by atoms with van der Waals surface area (Å²) >= 11 is 0. The summed E-state index contributed by atoms with van der Waals surface area (Å²) < 4.78 is 11.4. The van der Waals surface area contributed by atoms with Crippen LogP contribution in [-0.2, 0) is 10.3 Å². The SMILES string of the molecule is C=C(C)c1cccc(C(C)(C)NC(=O)Nc2ccc3c(c2)N(CCCOc2ccc(C)cc2)C(=O)CO3)c1. The second kappa shape index (κ2) is 11.4. The lowest BCUT2D eigenvalue weighted by molar-refractivity contribution is -0.121. The first kappa shape index (κ1) is 26.8. The third kappa shape index (κ3) is 6.54. The molecule has 0 saturated heterocycles. The Morgan fingerprint density at radius 1 is 1.11 bits per heavy atom. The Hall–Kier alpha value is -4.26. The van der Waals surface area contributed by atoms with Gasteiger partial charge in [-0.25, -0.2) is 4.79 Å². The minimum Gasteiger partial charge on any atom is -0.494 e. The van der Waals surface area contributed by atoms with Crippen molar-refractivity contribution in [3.63, 3.8) is 0 Å². The smallest absolute Gasteiger partial charge is 0.319 e. The molecule has 3 aromatic carbocycles. The number of carbonyl (C=O) groups excluding carboxylic acids is 2. The molecule has 0 unspecified atom stereocenters. The molecule has 198 valence electrons. The van der Waals surface area contributed by atoms with E-state index in [1.807, 2.05) is 76.2 Å². The molecule has 0 aromatic heterocycles.